The molecule has 0 radical (unpaired) electrons. The van der Waals surface area contributed by atoms with Gasteiger partial charge in [-0.1, -0.05) is 46.3 Å². The molecule has 2 heteroatoms. The van der Waals surface area contributed by atoms with Gasteiger partial charge < -0.3 is 9.84 Å². The van der Waals surface area contributed by atoms with Gasteiger partial charge in [0.15, 0.2) is 0 Å². The van der Waals surface area contributed by atoms with Crippen molar-refractivity contribution in [3.63, 3.8) is 0 Å². The van der Waals surface area contributed by atoms with Gasteiger partial charge in [-0.25, -0.2) is 0 Å². The third-order valence-electron chi connectivity index (χ3n) is 10.7. The maximum atomic E-state index is 10.2. The van der Waals surface area contributed by atoms with Crippen LogP contribution in [-0.4, -0.2) is 24.4 Å². The van der Waals surface area contributed by atoms with Crippen LogP contribution in [0.4, 0.5) is 0 Å². The Labute approximate surface area is 186 Å². The number of ether oxygens (including phenoxy) is 1. The van der Waals surface area contributed by atoms with Crippen molar-refractivity contribution in [3.8, 4) is 0 Å². The van der Waals surface area contributed by atoms with E-state index in [-0.39, 0.29) is 6.10 Å². The topological polar surface area (TPSA) is 29.5 Å². The molecular weight excluding hydrogens is 368 g/mol. The van der Waals surface area contributed by atoms with Gasteiger partial charge in [-0.05, 0) is 111 Å². The van der Waals surface area contributed by atoms with Gasteiger partial charge in [-0.3, -0.25) is 0 Å². The van der Waals surface area contributed by atoms with Crippen LogP contribution >= 0.6 is 0 Å². The van der Waals surface area contributed by atoms with Crippen molar-refractivity contribution in [3.05, 3.63) is 11.6 Å². The highest BCUT2D eigenvalue weighted by molar-refractivity contribution is 5.25. The predicted molar refractivity (Wildman–Crippen MR) is 125 cm³/mol. The van der Waals surface area contributed by atoms with Crippen molar-refractivity contribution >= 4 is 0 Å². The number of methoxy groups -OCH3 is 1. The van der Waals surface area contributed by atoms with Gasteiger partial charge in [0.05, 0.1) is 12.2 Å². The fraction of sp³-hybridized carbons (Fsp3) is 0.929. The molecule has 2 nitrogen and oxygen atoms in total. The molecule has 0 aromatic heterocycles. The molecule has 172 valence electrons. The second-order valence-electron chi connectivity index (χ2n) is 12.5. The Morgan fingerprint density at radius 3 is 2.50 bits per heavy atom. The fourth-order valence-corrected chi connectivity index (χ4v) is 8.90. The lowest BCUT2D eigenvalue weighted by atomic mass is 9.47. The van der Waals surface area contributed by atoms with Crippen LogP contribution in [0.25, 0.3) is 0 Å². The quantitative estimate of drug-likeness (QED) is 0.472. The predicted octanol–water partition coefficient (Wildman–Crippen LogP) is 7.01. The average Bonchev–Trinajstić information content (AvgIpc) is 3.05. The molecule has 0 heterocycles. The third-order valence-corrected chi connectivity index (χ3v) is 10.7. The molecule has 4 aliphatic carbocycles. The first-order valence-electron chi connectivity index (χ1n) is 13.1. The van der Waals surface area contributed by atoms with Gasteiger partial charge in [0.2, 0.25) is 0 Å². The first kappa shape index (κ1) is 22.8. The largest absolute Gasteiger partial charge is 0.393 e. The summed E-state index contributed by atoms with van der Waals surface area (Å²) < 4.78 is 6.07. The summed E-state index contributed by atoms with van der Waals surface area (Å²) in [6.45, 7) is 12.4. The SMILES string of the molecule is CO[C@@H](CCC(C)C)[C@@H](C)[C@H]1CC[C@H]2[C@@H]3CC=C4CC(O)CC[C@]4(C)[C@H]3CC[C@]12C. The number of aliphatic hydroxyl groups is 1. The normalized spacial score (nSPS) is 45.3. The lowest BCUT2D eigenvalue weighted by Gasteiger charge is -2.58. The monoisotopic (exact) mass is 416 g/mol. The van der Waals surface area contributed by atoms with Gasteiger partial charge in [-0.2, -0.15) is 0 Å². The van der Waals surface area contributed by atoms with Crippen LogP contribution in [0.3, 0.4) is 0 Å². The highest BCUT2D eigenvalue weighted by Crippen LogP contribution is 2.67. The average molecular weight is 417 g/mol. The van der Waals surface area contributed by atoms with Gasteiger partial charge in [-0.15, -0.1) is 0 Å². The molecule has 0 bridgehead atoms. The number of allylic oxidation sites excluding steroid dienone is 1. The minimum absolute atomic E-state index is 0.0942. The van der Waals surface area contributed by atoms with E-state index in [1.807, 2.05) is 7.11 Å². The lowest BCUT2D eigenvalue weighted by Crippen LogP contribution is -2.51. The summed E-state index contributed by atoms with van der Waals surface area (Å²) in [6.07, 6.45) is 15.4. The van der Waals surface area contributed by atoms with E-state index < -0.39 is 0 Å². The van der Waals surface area contributed by atoms with Crippen molar-refractivity contribution in [1.82, 2.24) is 0 Å². The molecule has 0 amide bonds. The molecule has 3 saturated carbocycles. The number of hydrogen-bond donors (Lipinski definition) is 1. The van der Waals surface area contributed by atoms with Crippen LogP contribution in [0.1, 0.15) is 98.8 Å². The van der Waals surface area contributed by atoms with E-state index in [0.29, 0.717) is 22.9 Å². The van der Waals surface area contributed by atoms with Crippen LogP contribution < -0.4 is 0 Å². The van der Waals surface area contributed by atoms with E-state index >= 15 is 0 Å². The Hall–Kier alpha value is -0.340. The van der Waals surface area contributed by atoms with Gasteiger partial charge in [0.1, 0.15) is 0 Å². The summed E-state index contributed by atoms with van der Waals surface area (Å²) in [5.41, 5.74) is 2.45. The molecule has 0 aromatic rings. The maximum absolute atomic E-state index is 10.2. The van der Waals surface area contributed by atoms with Crippen LogP contribution in [0.2, 0.25) is 0 Å². The molecule has 1 unspecified atom stereocenters. The summed E-state index contributed by atoms with van der Waals surface area (Å²) >= 11 is 0. The summed E-state index contributed by atoms with van der Waals surface area (Å²) in [5, 5.41) is 10.2. The minimum atomic E-state index is -0.0942. The zero-order chi connectivity index (χ0) is 21.7. The van der Waals surface area contributed by atoms with E-state index in [4.69, 9.17) is 4.74 Å². The smallest absolute Gasteiger partial charge is 0.0599 e. The standard InChI is InChI=1S/C28H48O2/c1-18(2)7-12-26(30-6)19(3)23-10-11-24-22-9-8-20-17-21(29)13-15-27(20,4)25(22)14-16-28(23,24)5/h8,18-19,21-26,29H,7,9-17H2,1-6H3/t19-,21?,22-,23+,24-,25-,26-,27-,28+/m0/s1. The van der Waals surface area contributed by atoms with Crippen molar-refractivity contribution in [2.75, 3.05) is 7.11 Å². The highest BCUT2D eigenvalue weighted by atomic mass is 16.5. The summed E-state index contributed by atoms with van der Waals surface area (Å²) in [6, 6.07) is 0. The molecule has 3 fully saturated rings. The van der Waals surface area contributed by atoms with Gasteiger partial charge in [0, 0.05) is 7.11 Å². The summed E-state index contributed by atoms with van der Waals surface area (Å²) in [5.74, 6) is 4.82. The van der Waals surface area contributed by atoms with E-state index in [1.54, 1.807) is 5.57 Å². The second kappa shape index (κ2) is 8.54. The van der Waals surface area contributed by atoms with Crippen LogP contribution in [0, 0.1) is 46.3 Å². The van der Waals surface area contributed by atoms with Crippen molar-refractivity contribution in [2.45, 2.75) is 111 Å². The molecule has 4 rings (SSSR count). The molecule has 0 aromatic carbocycles. The summed E-state index contributed by atoms with van der Waals surface area (Å²) in [4.78, 5) is 0. The molecule has 4 aliphatic rings. The number of rotatable bonds is 6. The molecule has 0 saturated heterocycles. The minimum Gasteiger partial charge on any atom is -0.393 e. The number of fused-ring (bicyclic) bond motifs is 5. The molecule has 30 heavy (non-hydrogen) atoms. The zero-order valence-corrected chi connectivity index (χ0v) is 20.6. The van der Waals surface area contributed by atoms with E-state index in [1.165, 1.54) is 51.4 Å². The second-order valence-corrected chi connectivity index (χ2v) is 12.5. The molecule has 1 N–H and O–H groups in total. The van der Waals surface area contributed by atoms with Crippen LogP contribution in [0.5, 0.6) is 0 Å². The Morgan fingerprint density at radius 1 is 1.03 bits per heavy atom. The Balaban J connectivity index is 1.52. The maximum Gasteiger partial charge on any atom is 0.0599 e. The third kappa shape index (κ3) is 3.72. The van der Waals surface area contributed by atoms with Crippen molar-refractivity contribution in [2.24, 2.45) is 46.3 Å². The van der Waals surface area contributed by atoms with E-state index in [9.17, 15) is 5.11 Å². The summed E-state index contributed by atoms with van der Waals surface area (Å²) in [7, 11) is 1.94. The lowest BCUT2D eigenvalue weighted by molar-refractivity contribution is -0.0728. The first-order chi connectivity index (χ1) is 14.2. The van der Waals surface area contributed by atoms with Crippen LogP contribution in [-0.2, 0) is 4.74 Å². The molecular formula is C28H48O2. The number of aliphatic hydroxyl groups excluding tert-OH is 1. The van der Waals surface area contributed by atoms with Crippen LogP contribution in [0.15, 0.2) is 11.6 Å². The van der Waals surface area contributed by atoms with E-state index in [2.05, 4.69) is 40.7 Å². The Kier molecular flexibility index (Phi) is 6.50. The zero-order valence-electron chi connectivity index (χ0n) is 20.6. The van der Waals surface area contributed by atoms with Gasteiger partial charge in [0.25, 0.3) is 0 Å². The Morgan fingerprint density at radius 2 is 1.80 bits per heavy atom. The van der Waals surface area contributed by atoms with Crippen molar-refractivity contribution < 1.29 is 9.84 Å². The van der Waals surface area contributed by atoms with Crippen molar-refractivity contribution in [1.29, 1.82) is 0 Å². The first-order valence-corrected chi connectivity index (χ1v) is 13.1. The molecule has 0 spiro atoms. The number of hydrogen-bond acceptors (Lipinski definition) is 2. The Bertz CT molecular complexity index is 639. The van der Waals surface area contributed by atoms with Gasteiger partial charge >= 0.3 is 0 Å². The molecule has 9 atom stereocenters. The van der Waals surface area contributed by atoms with E-state index in [0.717, 1.165) is 42.4 Å². The molecule has 0 aliphatic heterocycles. The fourth-order valence-electron chi connectivity index (χ4n) is 8.90. The highest BCUT2D eigenvalue weighted by Gasteiger charge is 2.59.